The van der Waals surface area contributed by atoms with E-state index < -0.39 is 0 Å². The van der Waals surface area contributed by atoms with Crippen LogP contribution in [0.3, 0.4) is 0 Å². The number of carbonyl (C=O) groups excluding carboxylic acids is 1. The van der Waals surface area contributed by atoms with Crippen LogP contribution in [0.15, 0.2) is 12.1 Å². The van der Waals surface area contributed by atoms with E-state index in [1.54, 1.807) is 6.07 Å². The first kappa shape index (κ1) is 7.82. The molecule has 1 aromatic rings. The molecule has 72 valence electrons. The number of rotatable bonds is 0. The average molecular weight is 192 g/mol. The lowest BCUT2D eigenvalue weighted by Crippen LogP contribution is -2.13. The first-order chi connectivity index (χ1) is 6.86. The summed E-state index contributed by atoms with van der Waals surface area (Å²) in [6.45, 7) is 1.10. The summed E-state index contributed by atoms with van der Waals surface area (Å²) < 4.78 is 15.4. The molecule has 3 rings (SSSR count). The molecule has 0 spiro atoms. The van der Waals surface area contributed by atoms with Crippen molar-refractivity contribution < 1.29 is 19.0 Å². The van der Waals surface area contributed by atoms with E-state index >= 15 is 0 Å². The Morgan fingerprint density at radius 2 is 2.07 bits per heavy atom. The molecule has 0 saturated carbocycles. The van der Waals surface area contributed by atoms with Crippen molar-refractivity contribution in [3.63, 3.8) is 0 Å². The van der Waals surface area contributed by atoms with Crippen molar-refractivity contribution in [2.45, 2.75) is 13.2 Å². The van der Waals surface area contributed by atoms with Gasteiger partial charge < -0.3 is 14.2 Å². The Labute approximate surface area is 80.4 Å². The number of ether oxygens (including phenoxy) is 3. The molecule has 14 heavy (non-hydrogen) atoms. The maximum atomic E-state index is 11.2. The molecule has 0 fully saturated rings. The number of carbonyl (C=O) groups is 1. The molecule has 0 atom stereocenters. The SMILES string of the molecule is O=C1OCc2c1ccc1c2OCOC1. The minimum absolute atomic E-state index is 0.248. The van der Waals surface area contributed by atoms with Crippen molar-refractivity contribution in [3.05, 3.63) is 28.8 Å². The number of cyclic esters (lactones) is 1. The van der Waals surface area contributed by atoms with Crippen LogP contribution in [0.25, 0.3) is 0 Å². The maximum absolute atomic E-state index is 11.2. The number of esters is 1. The highest BCUT2D eigenvalue weighted by Crippen LogP contribution is 2.34. The highest BCUT2D eigenvalue weighted by Gasteiger charge is 2.27. The van der Waals surface area contributed by atoms with Crippen molar-refractivity contribution in [1.82, 2.24) is 0 Å². The summed E-state index contributed by atoms with van der Waals surface area (Å²) in [5.74, 6) is 0.498. The number of hydrogen-bond acceptors (Lipinski definition) is 4. The molecule has 4 heteroatoms. The van der Waals surface area contributed by atoms with Crippen LogP contribution in [-0.2, 0) is 22.7 Å². The molecule has 0 radical (unpaired) electrons. The molecule has 2 aliphatic rings. The van der Waals surface area contributed by atoms with Gasteiger partial charge in [-0.2, -0.15) is 0 Å². The molecule has 0 saturated heterocycles. The number of fused-ring (bicyclic) bond motifs is 3. The van der Waals surface area contributed by atoms with Gasteiger partial charge in [-0.25, -0.2) is 4.79 Å². The van der Waals surface area contributed by atoms with E-state index in [0.29, 0.717) is 18.8 Å². The monoisotopic (exact) mass is 192 g/mol. The molecule has 0 bridgehead atoms. The molecular formula is C10H8O4. The van der Waals surface area contributed by atoms with Crippen molar-refractivity contribution in [2.24, 2.45) is 0 Å². The van der Waals surface area contributed by atoms with Gasteiger partial charge in [0, 0.05) is 11.1 Å². The lowest BCUT2D eigenvalue weighted by atomic mass is 10.0. The predicted molar refractivity (Wildman–Crippen MR) is 45.8 cm³/mol. The highest BCUT2D eigenvalue weighted by atomic mass is 16.7. The lowest BCUT2D eigenvalue weighted by Gasteiger charge is -2.19. The summed E-state index contributed by atoms with van der Waals surface area (Å²) in [5, 5.41) is 0. The molecule has 0 aliphatic carbocycles. The van der Waals surface area contributed by atoms with Crippen LogP contribution in [0.4, 0.5) is 0 Å². The van der Waals surface area contributed by atoms with Crippen molar-refractivity contribution in [2.75, 3.05) is 6.79 Å². The standard InChI is InChI=1S/C10H8O4/c11-10-7-2-1-6-3-12-5-14-9(6)8(7)4-13-10/h1-2H,3-5H2. The molecule has 1 aromatic carbocycles. The van der Waals surface area contributed by atoms with Crippen LogP contribution in [0.5, 0.6) is 5.75 Å². The zero-order valence-electron chi connectivity index (χ0n) is 7.41. The second kappa shape index (κ2) is 2.72. The van der Waals surface area contributed by atoms with Crippen molar-refractivity contribution in [3.8, 4) is 5.75 Å². The van der Waals surface area contributed by atoms with Gasteiger partial charge in [-0.1, -0.05) is 6.07 Å². The van der Waals surface area contributed by atoms with E-state index in [2.05, 4.69) is 0 Å². The van der Waals surface area contributed by atoms with E-state index in [-0.39, 0.29) is 12.8 Å². The molecule has 0 aromatic heterocycles. The lowest BCUT2D eigenvalue weighted by molar-refractivity contribution is -0.0174. The predicted octanol–water partition coefficient (Wildman–Crippen LogP) is 1.22. The van der Waals surface area contributed by atoms with Gasteiger partial charge in [-0.3, -0.25) is 0 Å². The summed E-state index contributed by atoms with van der Waals surface area (Å²) >= 11 is 0. The van der Waals surface area contributed by atoms with Crippen LogP contribution in [0, 0.1) is 0 Å². The van der Waals surface area contributed by atoms with Gasteiger partial charge in [0.15, 0.2) is 6.79 Å². The quantitative estimate of drug-likeness (QED) is 0.580. The Hall–Kier alpha value is -1.55. The van der Waals surface area contributed by atoms with E-state index in [0.717, 1.165) is 16.9 Å². The third-order valence-electron chi connectivity index (χ3n) is 2.45. The fourth-order valence-corrected chi connectivity index (χ4v) is 1.77. The van der Waals surface area contributed by atoms with Crippen LogP contribution >= 0.6 is 0 Å². The Balaban J connectivity index is 2.20. The van der Waals surface area contributed by atoms with Gasteiger partial charge in [0.25, 0.3) is 0 Å². The van der Waals surface area contributed by atoms with Crippen molar-refractivity contribution >= 4 is 5.97 Å². The van der Waals surface area contributed by atoms with Crippen LogP contribution < -0.4 is 4.74 Å². The zero-order valence-corrected chi connectivity index (χ0v) is 7.41. The second-order valence-corrected chi connectivity index (χ2v) is 3.27. The maximum Gasteiger partial charge on any atom is 0.339 e. The molecule has 4 nitrogen and oxygen atoms in total. The fourth-order valence-electron chi connectivity index (χ4n) is 1.77. The summed E-state index contributed by atoms with van der Waals surface area (Å²) in [4.78, 5) is 11.2. The normalized spacial score (nSPS) is 18.1. The van der Waals surface area contributed by atoms with Gasteiger partial charge in [-0.05, 0) is 6.07 Å². The van der Waals surface area contributed by atoms with Gasteiger partial charge in [0.2, 0.25) is 0 Å². The van der Waals surface area contributed by atoms with Crippen LogP contribution in [0.1, 0.15) is 21.5 Å². The van der Waals surface area contributed by atoms with Crippen LogP contribution in [-0.4, -0.2) is 12.8 Å². The minimum Gasteiger partial charge on any atom is -0.467 e. The third kappa shape index (κ3) is 0.943. The van der Waals surface area contributed by atoms with Crippen LogP contribution in [0.2, 0.25) is 0 Å². The molecular weight excluding hydrogens is 184 g/mol. The topological polar surface area (TPSA) is 44.8 Å². The van der Waals surface area contributed by atoms with E-state index in [1.165, 1.54) is 0 Å². The zero-order chi connectivity index (χ0) is 9.54. The Bertz CT molecular complexity index is 411. The smallest absolute Gasteiger partial charge is 0.339 e. The van der Waals surface area contributed by atoms with Gasteiger partial charge >= 0.3 is 5.97 Å². The van der Waals surface area contributed by atoms with Gasteiger partial charge in [-0.15, -0.1) is 0 Å². The first-order valence-corrected chi connectivity index (χ1v) is 4.38. The van der Waals surface area contributed by atoms with E-state index in [4.69, 9.17) is 14.2 Å². The third-order valence-corrected chi connectivity index (χ3v) is 2.45. The summed E-state index contributed by atoms with van der Waals surface area (Å²) in [5.41, 5.74) is 2.45. The molecule has 2 heterocycles. The largest absolute Gasteiger partial charge is 0.467 e. The highest BCUT2D eigenvalue weighted by molar-refractivity contribution is 5.94. The molecule has 0 unspecified atom stereocenters. The van der Waals surface area contributed by atoms with Crippen molar-refractivity contribution in [1.29, 1.82) is 0 Å². The fraction of sp³-hybridized carbons (Fsp3) is 0.300. The van der Waals surface area contributed by atoms with Gasteiger partial charge in [0.05, 0.1) is 12.2 Å². The molecule has 2 aliphatic heterocycles. The average Bonchev–Trinajstić information content (AvgIpc) is 2.61. The van der Waals surface area contributed by atoms with Gasteiger partial charge in [0.1, 0.15) is 12.4 Å². The van der Waals surface area contributed by atoms with E-state index in [1.807, 2.05) is 6.07 Å². The first-order valence-electron chi connectivity index (χ1n) is 4.38. The Morgan fingerprint density at radius 3 is 3.00 bits per heavy atom. The Kier molecular flexibility index (Phi) is 1.52. The summed E-state index contributed by atoms with van der Waals surface area (Å²) in [7, 11) is 0. The molecule has 0 N–H and O–H groups in total. The Morgan fingerprint density at radius 1 is 1.14 bits per heavy atom. The second-order valence-electron chi connectivity index (χ2n) is 3.27. The summed E-state index contributed by atoms with van der Waals surface area (Å²) in [6.07, 6.45) is 0. The number of hydrogen-bond donors (Lipinski definition) is 0. The minimum atomic E-state index is -0.266. The number of benzene rings is 1. The molecule has 0 amide bonds. The summed E-state index contributed by atoms with van der Waals surface area (Å²) in [6, 6.07) is 3.61. The van der Waals surface area contributed by atoms with E-state index in [9.17, 15) is 4.79 Å².